The minimum Gasteiger partial charge on any atom is -0.325 e. The minimum absolute atomic E-state index is 0.0711. The van der Waals surface area contributed by atoms with E-state index in [1.165, 1.54) is 12.1 Å². The van der Waals surface area contributed by atoms with Crippen molar-refractivity contribution in [2.24, 2.45) is 0 Å². The van der Waals surface area contributed by atoms with Crippen LogP contribution in [0.2, 0.25) is 0 Å². The number of hydrogen-bond acceptors (Lipinski definition) is 4. The predicted octanol–water partition coefficient (Wildman–Crippen LogP) is 1.98. The third kappa shape index (κ3) is 2.02. The summed E-state index contributed by atoms with van der Waals surface area (Å²) in [5, 5.41) is 10.7. The van der Waals surface area contributed by atoms with Crippen molar-refractivity contribution in [2.45, 2.75) is 12.1 Å². The normalized spacial score (nSPS) is 32.0. The van der Waals surface area contributed by atoms with Crippen LogP contribution in [-0.4, -0.2) is 42.1 Å². The predicted molar refractivity (Wildman–Crippen MR) is 71.7 cm³/mol. The second kappa shape index (κ2) is 4.97. The molecule has 0 aromatic heterocycles. The quantitative estimate of drug-likeness (QED) is 0.365. The zero-order valence-electron chi connectivity index (χ0n) is 11.1. The fourth-order valence-corrected chi connectivity index (χ4v) is 3.06. The van der Waals surface area contributed by atoms with Crippen LogP contribution in [0.5, 0.6) is 0 Å². The third-order valence-corrected chi connectivity index (χ3v) is 4.13. The molecule has 3 atom stereocenters. The van der Waals surface area contributed by atoms with Gasteiger partial charge in [-0.25, -0.2) is 0 Å². The number of hydrogen-bond donors (Lipinski definition) is 0. The van der Waals surface area contributed by atoms with Gasteiger partial charge in [0.15, 0.2) is 13.5 Å². The molecule has 0 bridgehead atoms. The molecule has 0 unspecified atom stereocenters. The summed E-state index contributed by atoms with van der Waals surface area (Å²) >= 11 is 0. The summed E-state index contributed by atoms with van der Waals surface area (Å²) in [7, 11) is 0. The van der Waals surface area contributed by atoms with E-state index < -0.39 is 4.92 Å². The number of fused-ring (bicyclic) bond motifs is 1. The van der Waals surface area contributed by atoms with Crippen LogP contribution >= 0.6 is 0 Å². The van der Waals surface area contributed by atoms with Crippen LogP contribution in [0.4, 0.5) is 5.69 Å². The molecule has 0 radical (unpaired) electrons. The zero-order valence-corrected chi connectivity index (χ0v) is 11.1. The topological polar surface area (TPSA) is 61.6 Å². The Morgan fingerprint density at radius 2 is 2.15 bits per heavy atom. The molecule has 0 saturated carbocycles. The molecule has 6 heteroatoms. The second-order valence-electron chi connectivity index (χ2n) is 5.32. The number of nitro groups is 1. The Bertz CT molecular complexity index is 530. The largest absolute Gasteiger partial charge is 0.325 e. The van der Waals surface area contributed by atoms with Gasteiger partial charge in [-0.1, -0.05) is 6.58 Å². The maximum atomic E-state index is 10.7. The van der Waals surface area contributed by atoms with Crippen LogP contribution in [0.25, 0.3) is 0 Å². The van der Waals surface area contributed by atoms with Gasteiger partial charge in [0, 0.05) is 12.1 Å². The molecule has 0 spiro atoms. The molecule has 2 aliphatic rings. The van der Waals surface area contributed by atoms with E-state index in [2.05, 4.69) is 6.58 Å². The Kier molecular flexibility index (Phi) is 3.29. The summed E-state index contributed by atoms with van der Waals surface area (Å²) in [6, 6.07) is 6.82. The smallest absolute Gasteiger partial charge is 0.269 e. The van der Waals surface area contributed by atoms with Crippen molar-refractivity contribution in [3.8, 4) is 0 Å². The highest BCUT2D eigenvalue weighted by Gasteiger charge is 2.53. The van der Waals surface area contributed by atoms with Crippen molar-refractivity contribution < 1.29 is 18.9 Å². The molecule has 106 valence electrons. The Labute approximate surface area is 116 Å². The first-order chi connectivity index (χ1) is 9.66. The molecule has 2 heterocycles. The van der Waals surface area contributed by atoms with Crippen molar-refractivity contribution in [2.75, 3.05) is 26.6 Å². The van der Waals surface area contributed by atoms with E-state index in [9.17, 15) is 10.1 Å². The van der Waals surface area contributed by atoms with Crippen molar-refractivity contribution in [3.63, 3.8) is 0 Å². The molecule has 0 amide bonds. The van der Waals surface area contributed by atoms with Crippen LogP contribution < -0.4 is 0 Å². The van der Waals surface area contributed by atoms with Gasteiger partial charge >= 0.3 is 0 Å². The van der Waals surface area contributed by atoms with E-state index in [0.29, 0.717) is 20.1 Å². The molecular weight excluding hydrogens is 260 g/mol. The lowest BCUT2D eigenvalue weighted by Crippen LogP contribution is -2.49. The molecule has 2 fully saturated rings. The van der Waals surface area contributed by atoms with Gasteiger partial charge in [-0.15, -0.1) is 0 Å². The number of nitro benzene ring substituents is 1. The zero-order chi connectivity index (χ0) is 14.2. The van der Waals surface area contributed by atoms with Gasteiger partial charge in [-0.2, -0.15) is 0 Å². The van der Waals surface area contributed by atoms with Crippen molar-refractivity contribution in [3.05, 3.63) is 52.6 Å². The average molecular weight is 277 g/mol. The lowest BCUT2D eigenvalue weighted by atomic mass is 10.0. The van der Waals surface area contributed by atoms with Gasteiger partial charge in [-0.05, 0) is 23.8 Å². The molecule has 0 N–H and O–H groups in total. The lowest BCUT2D eigenvalue weighted by molar-refractivity contribution is -0.938. The minimum atomic E-state index is -0.393. The van der Waals surface area contributed by atoms with Gasteiger partial charge in [0.25, 0.3) is 5.69 Å². The molecule has 1 aromatic carbocycles. The number of ether oxygens (including phenoxy) is 2. The Morgan fingerprint density at radius 3 is 2.80 bits per heavy atom. The fraction of sp³-hybridized carbons (Fsp3) is 0.429. The average Bonchev–Trinajstić information content (AvgIpc) is 2.97. The number of benzene rings is 1. The van der Waals surface area contributed by atoms with Gasteiger partial charge < -0.3 is 9.47 Å². The summed E-state index contributed by atoms with van der Waals surface area (Å²) in [6.45, 7) is 6.50. The molecule has 20 heavy (non-hydrogen) atoms. The van der Waals surface area contributed by atoms with E-state index in [-0.39, 0.29) is 17.8 Å². The lowest BCUT2D eigenvalue weighted by Gasteiger charge is -2.29. The van der Waals surface area contributed by atoms with Crippen LogP contribution in [0.3, 0.4) is 0 Å². The van der Waals surface area contributed by atoms with E-state index >= 15 is 0 Å². The van der Waals surface area contributed by atoms with Crippen LogP contribution in [0.15, 0.2) is 36.9 Å². The summed E-state index contributed by atoms with van der Waals surface area (Å²) in [6.07, 6.45) is 1.82. The highest BCUT2D eigenvalue weighted by atomic mass is 16.6. The van der Waals surface area contributed by atoms with E-state index in [4.69, 9.17) is 9.47 Å². The molecule has 1 aromatic rings. The van der Waals surface area contributed by atoms with E-state index in [1.54, 1.807) is 12.1 Å². The summed E-state index contributed by atoms with van der Waals surface area (Å²) in [5.74, 6) is 0. The van der Waals surface area contributed by atoms with Crippen molar-refractivity contribution >= 4 is 5.69 Å². The highest BCUT2D eigenvalue weighted by Crippen LogP contribution is 2.40. The number of rotatable bonds is 4. The third-order valence-electron chi connectivity index (χ3n) is 4.13. The van der Waals surface area contributed by atoms with E-state index in [1.807, 2.05) is 6.08 Å². The number of quaternary nitrogens is 1. The highest BCUT2D eigenvalue weighted by molar-refractivity contribution is 5.34. The fourth-order valence-electron chi connectivity index (χ4n) is 3.06. The van der Waals surface area contributed by atoms with Crippen LogP contribution in [0, 0.1) is 10.1 Å². The summed E-state index contributed by atoms with van der Waals surface area (Å²) in [4.78, 5) is 10.3. The van der Waals surface area contributed by atoms with Gasteiger partial charge in [0.2, 0.25) is 0 Å². The second-order valence-corrected chi connectivity index (χ2v) is 5.32. The Balaban J connectivity index is 1.84. The van der Waals surface area contributed by atoms with Crippen molar-refractivity contribution in [1.29, 1.82) is 0 Å². The summed E-state index contributed by atoms with van der Waals surface area (Å²) < 4.78 is 12.3. The first-order valence-electron chi connectivity index (χ1n) is 6.57. The van der Waals surface area contributed by atoms with Crippen LogP contribution in [-0.2, 0) is 9.47 Å². The summed E-state index contributed by atoms with van der Waals surface area (Å²) in [5.41, 5.74) is 1.07. The molecule has 0 aliphatic carbocycles. The standard InChI is InChI=1S/C14H17N2O4/c1-2-7-16-9-19-8-13(16)14(20-10-16)11-3-5-12(6-4-11)15(17)18/h2-6,13-14H,1,7-10H2/q+1/t13-,14+,16+/m0/s1. The van der Waals surface area contributed by atoms with Crippen molar-refractivity contribution in [1.82, 2.24) is 0 Å². The first-order valence-corrected chi connectivity index (χ1v) is 6.57. The van der Waals surface area contributed by atoms with E-state index in [0.717, 1.165) is 16.6 Å². The monoisotopic (exact) mass is 277 g/mol. The number of non-ortho nitro benzene ring substituents is 1. The maximum absolute atomic E-state index is 10.7. The molecule has 2 aliphatic heterocycles. The molecule has 6 nitrogen and oxygen atoms in total. The molecular formula is C14H17N2O4+. The van der Waals surface area contributed by atoms with Gasteiger partial charge in [-0.3, -0.25) is 14.6 Å². The number of nitrogens with zero attached hydrogens (tertiary/aromatic N) is 2. The van der Waals surface area contributed by atoms with Gasteiger partial charge in [0.05, 0.1) is 4.92 Å². The molecule has 2 saturated heterocycles. The first kappa shape index (κ1) is 13.2. The Hall–Kier alpha value is -1.76. The SMILES string of the molecule is C=CC[N@+]12COC[C@H]1[C@@H](c1ccc([N+](=O)[O-])cc1)OC2. The molecule has 3 rings (SSSR count). The van der Waals surface area contributed by atoms with Gasteiger partial charge in [0.1, 0.15) is 25.3 Å². The Morgan fingerprint density at radius 1 is 1.40 bits per heavy atom. The van der Waals surface area contributed by atoms with Crippen LogP contribution in [0.1, 0.15) is 11.7 Å². The maximum Gasteiger partial charge on any atom is 0.269 e.